The molecule has 0 aliphatic carbocycles. The number of piperidine rings is 1. The fourth-order valence-corrected chi connectivity index (χ4v) is 4.10. The van der Waals surface area contributed by atoms with Gasteiger partial charge in [0.2, 0.25) is 5.91 Å². The van der Waals surface area contributed by atoms with E-state index in [0.717, 1.165) is 60.1 Å². The molecular weight excluding hydrogens is 404 g/mol. The Morgan fingerprint density at radius 1 is 1.09 bits per heavy atom. The van der Waals surface area contributed by atoms with E-state index >= 15 is 0 Å². The molecule has 4 rings (SSSR count). The highest BCUT2D eigenvalue weighted by Crippen LogP contribution is 2.26. The molecule has 7 nitrogen and oxygen atoms in total. The number of nitrogens with one attached hydrogen (secondary N) is 2. The van der Waals surface area contributed by atoms with E-state index in [4.69, 9.17) is 9.47 Å². The van der Waals surface area contributed by atoms with E-state index in [1.165, 1.54) is 0 Å². The van der Waals surface area contributed by atoms with E-state index in [2.05, 4.69) is 26.5 Å². The minimum Gasteiger partial charge on any atom is -0.497 e. The molecular formula is C25H30N4O3. The first-order chi connectivity index (χ1) is 15.7. The lowest BCUT2D eigenvalue weighted by atomic mass is 10.0. The number of anilines is 1. The minimum absolute atomic E-state index is 0.0934. The van der Waals surface area contributed by atoms with Gasteiger partial charge in [-0.25, -0.2) is 0 Å². The molecule has 0 bridgehead atoms. The van der Waals surface area contributed by atoms with Gasteiger partial charge in [-0.1, -0.05) is 18.2 Å². The van der Waals surface area contributed by atoms with Gasteiger partial charge >= 0.3 is 0 Å². The van der Waals surface area contributed by atoms with Crippen LogP contribution in [0, 0.1) is 0 Å². The monoisotopic (exact) mass is 434 g/mol. The van der Waals surface area contributed by atoms with Gasteiger partial charge in [-0.05, 0) is 60.7 Å². The van der Waals surface area contributed by atoms with Crippen LogP contribution in [0.25, 0.3) is 11.3 Å². The average molecular weight is 435 g/mol. The molecule has 7 heteroatoms. The first kappa shape index (κ1) is 21.7. The molecule has 3 aromatic rings. The number of amides is 1. The Kier molecular flexibility index (Phi) is 6.94. The number of benzene rings is 2. The second-order valence-corrected chi connectivity index (χ2v) is 8.01. The predicted molar refractivity (Wildman–Crippen MR) is 125 cm³/mol. The number of H-pyrrole nitrogens is 1. The molecule has 1 aliphatic rings. The Labute approximate surface area is 188 Å². The molecule has 2 aromatic carbocycles. The number of nitrogens with zero attached hydrogens (tertiary/aromatic N) is 2. The molecule has 2 heterocycles. The summed E-state index contributed by atoms with van der Waals surface area (Å²) in [6, 6.07) is 18.1. The number of aromatic nitrogens is 2. The molecule has 1 saturated heterocycles. The first-order valence-corrected chi connectivity index (χ1v) is 11.0. The number of hydrogen-bond acceptors (Lipinski definition) is 5. The van der Waals surface area contributed by atoms with Crippen molar-refractivity contribution in [1.82, 2.24) is 15.5 Å². The molecule has 0 saturated carbocycles. The van der Waals surface area contributed by atoms with Gasteiger partial charge in [-0.2, -0.15) is 5.10 Å². The largest absolute Gasteiger partial charge is 0.497 e. The lowest BCUT2D eigenvalue weighted by Crippen LogP contribution is -2.44. The van der Waals surface area contributed by atoms with Crippen LogP contribution in [-0.4, -0.2) is 49.5 Å². The van der Waals surface area contributed by atoms with Crippen molar-refractivity contribution in [2.45, 2.75) is 31.7 Å². The first-order valence-electron chi connectivity index (χ1n) is 11.0. The second kappa shape index (κ2) is 10.2. The normalized spacial score (nSPS) is 14.2. The van der Waals surface area contributed by atoms with Crippen LogP contribution >= 0.6 is 0 Å². The Morgan fingerprint density at radius 3 is 2.56 bits per heavy atom. The molecule has 0 radical (unpaired) electrons. The van der Waals surface area contributed by atoms with Gasteiger partial charge in [0, 0.05) is 31.6 Å². The van der Waals surface area contributed by atoms with Crippen LogP contribution in [-0.2, 0) is 11.2 Å². The quantitative estimate of drug-likeness (QED) is 0.564. The third-order valence-corrected chi connectivity index (χ3v) is 5.96. The molecule has 168 valence electrons. The van der Waals surface area contributed by atoms with Crippen molar-refractivity contribution in [3.05, 3.63) is 60.2 Å². The molecule has 0 unspecified atom stereocenters. The summed E-state index contributed by atoms with van der Waals surface area (Å²) >= 11 is 0. The summed E-state index contributed by atoms with van der Waals surface area (Å²) in [4.78, 5) is 14.7. The molecule has 1 aliphatic heterocycles. The van der Waals surface area contributed by atoms with Crippen molar-refractivity contribution >= 4 is 11.7 Å². The van der Waals surface area contributed by atoms with Gasteiger partial charge in [-0.3, -0.25) is 9.89 Å². The Morgan fingerprint density at radius 2 is 1.84 bits per heavy atom. The summed E-state index contributed by atoms with van der Waals surface area (Å²) in [5.74, 6) is 2.70. The molecule has 1 aromatic heterocycles. The van der Waals surface area contributed by atoms with Crippen molar-refractivity contribution in [3.8, 4) is 22.8 Å². The fourth-order valence-electron chi connectivity index (χ4n) is 4.10. The van der Waals surface area contributed by atoms with Crippen LogP contribution in [0.15, 0.2) is 54.6 Å². The maximum absolute atomic E-state index is 12.4. The van der Waals surface area contributed by atoms with Crippen LogP contribution < -0.4 is 19.7 Å². The number of carbonyl (C=O) groups excluding carboxylic acids is 1. The summed E-state index contributed by atoms with van der Waals surface area (Å²) < 4.78 is 10.6. The van der Waals surface area contributed by atoms with Crippen LogP contribution in [0.1, 0.15) is 24.8 Å². The zero-order valence-corrected chi connectivity index (χ0v) is 18.6. The number of ether oxygens (including phenoxy) is 2. The third-order valence-electron chi connectivity index (χ3n) is 5.96. The summed E-state index contributed by atoms with van der Waals surface area (Å²) in [6.45, 7) is 1.73. The zero-order valence-electron chi connectivity index (χ0n) is 18.6. The lowest BCUT2D eigenvalue weighted by Gasteiger charge is -2.32. The highest BCUT2D eigenvalue weighted by atomic mass is 16.5. The van der Waals surface area contributed by atoms with E-state index < -0.39 is 0 Å². The number of aromatic amines is 1. The van der Waals surface area contributed by atoms with Crippen molar-refractivity contribution in [2.24, 2.45) is 0 Å². The maximum atomic E-state index is 12.4. The molecule has 0 spiro atoms. The molecule has 2 N–H and O–H groups in total. The van der Waals surface area contributed by atoms with Crippen molar-refractivity contribution in [3.63, 3.8) is 0 Å². The maximum Gasteiger partial charge on any atom is 0.220 e. The van der Waals surface area contributed by atoms with E-state index in [9.17, 15) is 4.79 Å². The smallest absolute Gasteiger partial charge is 0.220 e. The number of aryl methyl sites for hydroxylation is 1. The minimum atomic E-state index is 0.0934. The topological polar surface area (TPSA) is 79.5 Å². The number of hydrogen-bond donors (Lipinski definition) is 2. The van der Waals surface area contributed by atoms with Crippen LogP contribution in [0.3, 0.4) is 0 Å². The summed E-state index contributed by atoms with van der Waals surface area (Å²) in [7, 11) is 3.32. The van der Waals surface area contributed by atoms with Crippen molar-refractivity contribution < 1.29 is 14.3 Å². The number of methoxy groups -OCH3 is 2. The number of carbonyl (C=O) groups is 1. The number of rotatable bonds is 8. The van der Waals surface area contributed by atoms with Crippen molar-refractivity contribution in [1.29, 1.82) is 0 Å². The van der Waals surface area contributed by atoms with Gasteiger partial charge in [0.1, 0.15) is 11.5 Å². The summed E-state index contributed by atoms with van der Waals surface area (Å²) in [6.07, 6.45) is 2.96. The molecule has 1 amide bonds. The Balaban J connectivity index is 1.25. The lowest BCUT2D eigenvalue weighted by molar-refractivity contribution is -0.121. The average Bonchev–Trinajstić information content (AvgIpc) is 3.34. The molecule has 0 atom stereocenters. The van der Waals surface area contributed by atoms with Crippen LogP contribution in [0.2, 0.25) is 0 Å². The van der Waals surface area contributed by atoms with E-state index in [1.807, 2.05) is 48.5 Å². The highest BCUT2D eigenvalue weighted by molar-refractivity contribution is 5.76. The standard InChI is InChI=1S/C25H30N4O3/c1-31-21-10-7-18(8-11-21)22-17-24(28-27-22)29-15-13-20(14-16-29)26-25(30)12-9-19-5-3-4-6-23(19)32-2/h3-8,10-11,17,20H,9,12-16H2,1-2H3,(H,26,30)(H,27,28). The molecule has 32 heavy (non-hydrogen) atoms. The van der Waals surface area contributed by atoms with Gasteiger partial charge in [-0.15, -0.1) is 0 Å². The van der Waals surface area contributed by atoms with E-state index in [1.54, 1.807) is 14.2 Å². The van der Waals surface area contributed by atoms with Gasteiger partial charge < -0.3 is 19.7 Å². The summed E-state index contributed by atoms with van der Waals surface area (Å²) in [5, 5.41) is 10.8. The third kappa shape index (κ3) is 5.22. The van der Waals surface area contributed by atoms with Crippen LogP contribution in [0.4, 0.5) is 5.82 Å². The Hall–Kier alpha value is -3.48. The fraction of sp³-hybridized carbons (Fsp3) is 0.360. The van der Waals surface area contributed by atoms with Gasteiger partial charge in [0.15, 0.2) is 5.82 Å². The SMILES string of the molecule is COc1ccc(-c2cc(N3CCC(NC(=O)CCc4ccccc4OC)CC3)n[nH]2)cc1. The Bertz CT molecular complexity index is 1020. The van der Waals surface area contributed by atoms with Crippen LogP contribution in [0.5, 0.6) is 11.5 Å². The summed E-state index contributed by atoms with van der Waals surface area (Å²) in [5.41, 5.74) is 3.11. The van der Waals surface area contributed by atoms with E-state index in [0.29, 0.717) is 12.8 Å². The number of para-hydroxylation sites is 1. The zero-order chi connectivity index (χ0) is 22.3. The van der Waals surface area contributed by atoms with Gasteiger partial charge in [0.25, 0.3) is 0 Å². The second-order valence-electron chi connectivity index (χ2n) is 8.01. The predicted octanol–water partition coefficient (Wildman–Crippen LogP) is 3.81. The molecule has 1 fully saturated rings. The van der Waals surface area contributed by atoms with Crippen molar-refractivity contribution in [2.75, 3.05) is 32.2 Å². The highest BCUT2D eigenvalue weighted by Gasteiger charge is 2.22. The van der Waals surface area contributed by atoms with E-state index in [-0.39, 0.29) is 11.9 Å². The van der Waals surface area contributed by atoms with Gasteiger partial charge in [0.05, 0.1) is 19.9 Å².